The molecule has 2 nitrogen and oxygen atoms in total. The van der Waals surface area contributed by atoms with E-state index in [1.54, 1.807) is 6.07 Å². The van der Waals surface area contributed by atoms with Gasteiger partial charge in [-0.25, -0.2) is 0 Å². The molecule has 1 heterocycles. The van der Waals surface area contributed by atoms with Crippen molar-refractivity contribution >= 4 is 23.2 Å². The number of halogens is 2. The molecule has 118 valence electrons. The van der Waals surface area contributed by atoms with E-state index in [0.29, 0.717) is 5.02 Å². The highest BCUT2D eigenvalue weighted by Gasteiger charge is 2.40. The van der Waals surface area contributed by atoms with Gasteiger partial charge >= 0.3 is 0 Å². The molecule has 1 aromatic rings. The summed E-state index contributed by atoms with van der Waals surface area (Å²) < 4.78 is 0. The summed E-state index contributed by atoms with van der Waals surface area (Å²) in [6.45, 7) is 6.85. The molecule has 0 spiro atoms. The number of benzene rings is 1. The molecule has 0 aromatic heterocycles. The van der Waals surface area contributed by atoms with Gasteiger partial charge in [0.1, 0.15) is 0 Å². The van der Waals surface area contributed by atoms with Crippen LogP contribution in [0.5, 0.6) is 0 Å². The Morgan fingerprint density at radius 2 is 1.81 bits per heavy atom. The van der Waals surface area contributed by atoms with Crippen LogP contribution in [-0.4, -0.2) is 29.6 Å². The summed E-state index contributed by atoms with van der Waals surface area (Å²) in [5.41, 5.74) is 7.84. The van der Waals surface area contributed by atoms with Gasteiger partial charge in [-0.15, -0.1) is 0 Å². The van der Waals surface area contributed by atoms with Gasteiger partial charge in [0.25, 0.3) is 0 Å². The summed E-state index contributed by atoms with van der Waals surface area (Å²) in [5.74, 6) is 0. The molecule has 0 amide bonds. The first-order valence-electron chi connectivity index (χ1n) is 7.98. The molecule has 1 aromatic carbocycles. The number of likely N-dealkylation sites (tertiary alicyclic amines) is 1. The first-order valence-corrected chi connectivity index (χ1v) is 8.73. The molecule has 1 fully saturated rings. The van der Waals surface area contributed by atoms with Crippen molar-refractivity contribution < 1.29 is 0 Å². The Hall–Kier alpha value is -0.280. The number of hydrogen-bond acceptors (Lipinski definition) is 2. The lowest BCUT2D eigenvalue weighted by Gasteiger charge is -2.45. The lowest BCUT2D eigenvalue weighted by atomic mass is 9.80. The maximum Gasteiger partial charge on any atom is 0.0453 e. The van der Waals surface area contributed by atoms with Crippen molar-refractivity contribution in [3.63, 3.8) is 0 Å². The second-order valence-electron chi connectivity index (χ2n) is 6.05. The van der Waals surface area contributed by atoms with E-state index in [9.17, 15) is 0 Å². The summed E-state index contributed by atoms with van der Waals surface area (Å²) in [5, 5.41) is 1.40. The highest BCUT2D eigenvalue weighted by molar-refractivity contribution is 6.35. The summed E-state index contributed by atoms with van der Waals surface area (Å²) in [7, 11) is 0. The van der Waals surface area contributed by atoms with Gasteiger partial charge in [0.2, 0.25) is 0 Å². The molecule has 1 aliphatic heterocycles. The van der Waals surface area contributed by atoms with Gasteiger partial charge in [0.15, 0.2) is 0 Å². The Bertz CT molecular complexity index is 466. The van der Waals surface area contributed by atoms with Crippen LogP contribution in [0, 0.1) is 0 Å². The average molecular weight is 329 g/mol. The molecule has 2 N–H and O–H groups in total. The molecule has 0 radical (unpaired) electrons. The van der Waals surface area contributed by atoms with Crippen molar-refractivity contribution in [1.29, 1.82) is 0 Å². The molecule has 1 atom stereocenters. The van der Waals surface area contributed by atoms with E-state index in [1.807, 2.05) is 12.1 Å². The van der Waals surface area contributed by atoms with Crippen LogP contribution in [0.15, 0.2) is 18.2 Å². The van der Waals surface area contributed by atoms with Gasteiger partial charge in [0.05, 0.1) is 0 Å². The molecular weight excluding hydrogens is 303 g/mol. The zero-order valence-electron chi connectivity index (χ0n) is 13.0. The molecular formula is C17H26Cl2N2. The Morgan fingerprint density at radius 1 is 1.19 bits per heavy atom. The minimum absolute atomic E-state index is 0.0828. The third kappa shape index (κ3) is 3.56. The normalized spacial score (nSPS) is 18.1. The number of hydrogen-bond donors (Lipinski definition) is 1. The second-order valence-corrected chi connectivity index (χ2v) is 6.89. The summed E-state index contributed by atoms with van der Waals surface area (Å²) in [6.07, 6.45) is 5.53. The van der Waals surface area contributed by atoms with Gasteiger partial charge in [-0.2, -0.15) is 0 Å². The smallest absolute Gasteiger partial charge is 0.0453 e. The lowest BCUT2D eigenvalue weighted by molar-refractivity contribution is 0.0768. The fourth-order valence-electron chi connectivity index (χ4n) is 3.73. The van der Waals surface area contributed by atoms with Crippen molar-refractivity contribution in [3.8, 4) is 0 Å². The van der Waals surface area contributed by atoms with E-state index in [2.05, 4.69) is 18.7 Å². The summed E-state index contributed by atoms with van der Waals surface area (Å²) >= 11 is 12.3. The van der Waals surface area contributed by atoms with Gasteiger partial charge in [-0.1, -0.05) is 43.1 Å². The molecule has 1 aliphatic rings. The average Bonchev–Trinajstić information content (AvgIpc) is 2.99. The fraction of sp³-hybridized carbons (Fsp3) is 0.647. The van der Waals surface area contributed by atoms with Crippen molar-refractivity contribution in [2.45, 2.75) is 57.5 Å². The van der Waals surface area contributed by atoms with Crippen LogP contribution >= 0.6 is 23.2 Å². The van der Waals surface area contributed by atoms with Crippen LogP contribution < -0.4 is 5.73 Å². The number of nitrogens with two attached hydrogens (primary N) is 1. The number of rotatable bonds is 6. The predicted molar refractivity (Wildman–Crippen MR) is 92.3 cm³/mol. The standard InChI is InChI=1S/C17H26Cl2N2/c1-3-17(4-2,21-9-5-6-10-21)16(20)11-13-7-8-14(18)12-15(13)19/h7-8,12,16H,3-6,9-11,20H2,1-2H3. The summed E-state index contributed by atoms with van der Waals surface area (Å²) in [4.78, 5) is 2.60. The van der Waals surface area contributed by atoms with Gasteiger partial charge in [0, 0.05) is 21.6 Å². The first kappa shape index (κ1) is 17.1. The van der Waals surface area contributed by atoms with Crippen molar-refractivity contribution in [1.82, 2.24) is 4.90 Å². The van der Waals surface area contributed by atoms with Crippen LogP contribution in [0.2, 0.25) is 10.0 Å². The predicted octanol–water partition coefficient (Wildman–Crippen LogP) is 4.52. The third-order valence-electron chi connectivity index (χ3n) is 5.11. The topological polar surface area (TPSA) is 29.3 Å². The molecule has 0 bridgehead atoms. The zero-order chi connectivity index (χ0) is 15.5. The van der Waals surface area contributed by atoms with Crippen LogP contribution in [0.1, 0.15) is 45.1 Å². The fourth-order valence-corrected chi connectivity index (χ4v) is 4.22. The number of nitrogens with zero attached hydrogens (tertiary/aromatic N) is 1. The van der Waals surface area contributed by atoms with Gasteiger partial charge in [-0.3, -0.25) is 4.90 Å². The Balaban J connectivity index is 2.20. The van der Waals surface area contributed by atoms with Gasteiger partial charge in [-0.05, 0) is 62.9 Å². The maximum absolute atomic E-state index is 6.66. The second kappa shape index (κ2) is 7.32. The highest BCUT2D eigenvalue weighted by atomic mass is 35.5. The van der Waals surface area contributed by atoms with E-state index < -0.39 is 0 Å². The van der Waals surface area contributed by atoms with Crippen LogP contribution in [0.4, 0.5) is 0 Å². The van der Waals surface area contributed by atoms with Crippen LogP contribution in [-0.2, 0) is 6.42 Å². The SMILES string of the molecule is CCC(CC)(C(N)Cc1ccc(Cl)cc1Cl)N1CCCC1. The minimum atomic E-state index is 0.0828. The molecule has 1 saturated heterocycles. The Morgan fingerprint density at radius 3 is 2.33 bits per heavy atom. The molecule has 0 aliphatic carbocycles. The van der Waals surface area contributed by atoms with Crippen molar-refractivity contribution in [3.05, 3.63) is 33.8 Å². The van der Waals surface area contributed by atoms with E-state index in [4.69, 9.17) is 28.9 Å². The molecule has 2 rings (SSSR count). The molecule has 4 heteroatoms. The highest BCUT2D eigenvalue weighted by Crippen LogP contribution is 2.33. The van der Waals surface area contributed by atoms with E-state index in [1.165, 1.54) is 25.9 Å². The van der Waals surface area contributed by atoms with E-state index in [0.717, 1.165) is 29.8 Å². The monoisotopic (exact) mass is 328 g/mol. The molecule has 21 heavy (non-hydrogen) atoms. The summed E-state index contributed by atoms with van der Waals surface area (Å²) in [6, 6.07) is 5.79. The van der Waals surface area contributed by atoms with E-state index >= 15 is 0 Å². The molecule has 0 saturated carbocycles. The van der Waals surface area contributed by atoms with E-state index in [-0.39, 0.29) is 11.6 Å². The van der Waals surface area contributed by atoms with Crippen LogP contribution in [0.25, 0.3) is 0 Å². The Labute approximate surface area is 138 Å². The first-order chi connectivity index (χ1) is 10.0. The molecule has 1 unspecified atom stereocenters. The third-order valence-corrected chi connectivity index (χ3v) is 5.69. The largest absolute Gasteiger partial charge is 0.326 e. The van der Waals surface area contributed by atoms with Crippen molar-refractivity contribution in [2.24, 2.45) is 5.73 Å². The van der Waals surface area contributed by atoms with Crippen molar-refractivity contribution in [2.75, 3.05) is 13.1 Å². The quantitative estimate of drug-likeness (QED) is 0.831. The van der Waals surface area contributed by atoms with Crippen LogP contribution in [0.3, 0.4) is 0 Å². The maximum atomic E-state index is 6.66. The Kier molecular flexibility index (Phi) is 5.96. The lowest BCUT2D eigenvalue weighted by Crippen LogP contribution is -2.59. The zero-order valence-corrected chi connectivity index (χ0v) is 14.6. The van der Waals surface area contributed by atoms with Gasteiger partial charge < -0.3 is 5.73 Å². The minimum Gasteiger partial charge on any atom is -0.326 e.